The van der Waals surface area contributed by atoms with Crippen LogP contribution in [-0.4, -0.2) is 72.0 Å². The molecule has 3 fully saturated rings. The Morgan fingerprint density at radius 3 is 2.71 bits per heavy atom. The lowest BCUT2D eigenvalue weighted by atomic mass is 10.2. The molecular weight excluding hydrogens is 282 g/mol. The molecule has 1 saturated carbocycles. The molecule has 2 aliphatic heterocycles. The Hall–Kier alpha value is -0.260. The van der Waals surface area contributed by atoms with Crippen molar-refractivity contribution in [2.75, 3.05) is 44.2 Å². The van der Waals surface area contributed by atoms with Gasteiger partial charge in [-0.3, -0.25) is 9.69 Å². The molecule has 3 aliphatic rings. The van der Waals surface area contributed by atoms with Crippen LogP contribution in [0.25, 0.3) is 0 Å². The van der Waals surface area contributed by atoms with Crippen molar-refractivity contribution in [1.82, 2.24) is 15.1 Å². The Labute approximate surface area is 133 Å². The summed E-state index contributed by atoms with van der Waals surface area (Å²) in [6.07, 6.45) is 7.38. The van der Waals surface area contributed by atoms with Crippen molar-refractivity contribution in [1.29, 1.82) is 0 Å². The fourth-order valence-corrected chi connectivity index (χ4v) is 4.86. The second-order valence-corrected chi connectivity index (χ2v) is 7.79. The van der Waals surface area contributed by atoms with Crippen LogP contribution < -0.4 is 5.32 Å². The predicted octanol–water partition coefficient (Wildman–Crippen LogP) is 1.56. The molecule has 1 N–H and O–H groups in total. The zero-order chi connectivity index (χ0) is 14.5. The van der Waals surface area contributed by atoms with E-state index in [1.54, 1.807) is 0 Å². The van der Waals surface area contributed by atoms with E-state index in [9.17, 15) is 4.79 Å². The molecule has 120 valence electrons. The summed E-state index contributed by atoms with van der Waals surface area (Å²) in [5.74, 6) is 2.64. The van der Waals surface area contributed by atoms with Crippen molar-refractivity contribution < 1.29 is 4.79 Å². The average Bonchev–Trinajstić information content (AvgIpc) is 2.93. The van der Waals surface area contributed by atoms with Crippen molar-refractivity contribution >= 4 is 17.7 Å². The van der Waals surface area contributed by atoms with Gasteiger partial charge in [0.15, 0.2) is 0 Å². The maximum absolute atomic E-state index is 12.5. The van der Waals surface area contributed by atoms with Crippen LogP contribution in [0.15, 0.2) is 0 Å². The highest BCUT2D eigenvalue weighted by Gasteiger charge is 2.27. The number of nitrogens with zero attached hydrogens (tertiary/aromatic N) is 2. The summed E-state index contributed by atoms with van der Waals surface area (Å²) in [5.41, 5.74) is 0. The van der Waals surface area contributed by atoms with Crippen LogP contribution in [0.2, 0.25) is 0 Å². The van der Waals surface area contributed by atoms with E-state index in [0.29, 0.717) is 18.4 Å². The molecular formula is C16H29N3OS. The zero-order valence-corrected chi connectivity index (χ0v) is 13.9. The summed E-state index contributed by atoms with van der Waals surface area (Å²) >= 11 is 1.97. The van der Waals surface area contributed by atoms with E-state index in [-0.39, 0.29) is 0 Å². The molecule has 2 heterocycles. The largest absolute Gasteiger partial charge is 0.341 e. The molecule has 0 aromatic carbocycles. The standard InChI is InChI=1S/C16H29N3OS/c20-16(12-14-13-21-11-6-17-14)19-8-3-7-18(9-10-19)15-4-1-2-5-15/h14-15,17H,1-13H2. The third kappa shape index (κ3) is 4.36. The van der Waals surface area contributed by atoms with E-state index in [1.165, 1.54) is 38.0 Å². The lowest BCUT2D eigenvalue weighted by molar-refractivity contribution is -0.131. The predicted molar refractivity (Wildman–Crippen MR) is 88.8 cm³/mol. The third-order valence-electron chi connectivity index (χ3n) is 5.14. The van der Waals surface area contributed by atoms with Crippen LogP contribution in [0.5, 0.6) is 0 Å². The Morgan fingerprint density at radius 2 is 1.95 bits per heavy atom. The molecule has 3 rings (SSSR count). The van der Waals surface area contributed by atoms with Crippen LogP contribution >= 0.6 is 11.8 Å². The molecule has 1 aliphatic carbocycles. The van der Waals surface area contributed by atoms with Crippen molar-refractivity contribution in [2.24, 2.45) is 0 Å². The van der Waals surface area contributed by atoms with Gasteiger partial charge in [-0.2, -0.15) is 11.8 Å². The highest BCUT2D eigenvalue weighted by atomic mass is 32.2. The third-order valence-corrected chi connectivity index (χ3v) is 6.27. The first-order chi connectivity index (χ1) is 10.3. The quantitative estimate of drug-likeness (QED) is 0.858. The van der Waals surface area contributed by atoms with Gasteiger partial charge in [0.2, 0.25) is 5.91 Å². The van der Waals surface area contributed by atoms with E-state index < -0.39 is 0 Å². The van der Waals surface area contributed by atoms with E-state index in [1.807, 2.05) is 11.8 Å². The minimum Gasteiger partial charge on any atom is -0.341 e. The molecule has 0 aromatic heterocycles. The fourth-order valence-electron chi connectivity index (χ4n) is 3.91. The summed E-state index contributed by atoms with van der Waals surface area (Å²) in [6.45, 7) is 5.23. The van der Waals surface area contributed by atoms with E-state index >= 15 is 0 Å². The van der Waals surface area contributed by atoms with E-state index in [2.05, 4.69) is 15.1 Å². The Kier molecular flexibility index (Phi) is 5.83. The number of nitrogens with one attached hydrogen (secondary N) is 1. The van der Waals surface area contributed by atoms with Crippen molar-refractivity contribution in [3.8, 4) is 0 Å². The molecule has 21 heavy (non-hydrogen) atoms. The topological polar surface area (TPSA) is 35.6 Å². The number of hydrogen-bond donors (Lipinski definition) is 1. The molecule has 4 nitrogen and oxygen atoms in total. The van der Waals surface area contributed by atoms with Crippen LogP contribution in [0.1, 0.15) is 38.5 Å². The minimum atomic E-state index is 0.364. The molecule has 0 radical (unpaired) electrons. The first-order valence-corrected chi connectivity index (χ1v) is 9.81. The maximum atomic E-state index is 12.5. The number of rotatable bonds is 3. The molecule has 1 unspecified atom stereocenters. The lowest BCUT2D eigenvalue weighted by Gasteiger charge is -2.28. The first-order valence-electron chi connectivity index (χ1n) is 8.66. The molecule has 5 heteroatoms. The van der Waals surface area contributed by atoms with Gasteiger partial charge in [0.1, 0.15) is 0 Å². The van der Waals surface area contributed by atoms with Gasteiger partial charge in [-0.05, 0) is 19.3 Å². The summed E-state index contributed by atoms with van der Waals surface area (Å²) in [5, 5.41) is 3.48. The molecule has 1 atom stereocenters. The SMILES string of the molecule is O=C(CC1CSCCN1)N1CCCN(C2CCCC2)CC1. The average molecular weight is 311 g/mol. The van der Waals surface area contributed by atoms with Gasteiger partial charge in [-0.1, -0.05) is 12.8 Å². The summed E-state index contributed by atoms with van der Waals surface area (Å²) in [6, 6.07) is 1.20. The maximum Gasteiger partial charge on any atom is 0.224 e. The number of hydrogen-bond acceptors (Lipinski definition) is 4. The van der Waals surface area contributed by atoms with Crippen LogP contribution in [0.4, 0.5) is 0 Å². The Balaban J connectivity index is 1.46. The highest BCUT2D eigenvalue weighted by Crippen LogP contribution is 2.24. The Bertz CT molecular complexity index is 340. The molecule has 0 aromatic rings. The van der Waals surface area contributed by atoms with Gasteiger partial charge in [0, 0.05) is 62.7 Å². The summed E-state index contributed by atoms with van der Waals surface area (Å²) in [4.78, 5) is 17.3. The van der Waals surface area contributed by atoms with Gasteiger partial charge < -0.3 is 10.2 Å². The molecule has 0 bridgehead atoms. The summed E-state index contributed by atoms with van der Waals surface area (Å²) < 4.78 is 0. The minimum absolute atomic E-state index is 0.364. The second kappa shape index (κ2) is 7.84. The molecule has 1 amide bonds. The number of carbonyl (C=O) groups excluding carboxylic acids is 1. The summed E-state index contributed by atoms with van der Waals surface area (Å²) in [7, 11) is 0. The van der Waals surface area contributed by atoms with Gasteiger partial charge in [0.05, 0.1) is 0 Å². The van der Waals surface area contributed by atoms with Crippen molar-refractivity contribution in [3.05, 3.63) is 0 Å². The normalized spacial score (nSPS) is 29.5. The molecule has 0 spiro atoms. The number of thioether (sulfide) groups is 1. The number of carbonyl (C=O) groups is 1. The van der Waals surface area contributed by atoms with Gasteiger partial charge in [0.25, 0.3) is 0 Å². The van der Waals surface area contributed by atoms with E-state index in [0.717, 1.165) is 44.4 Å². The van der Waals surface area contributed by atoms with Crippen LogP contribution in [0, 0.1) is 0 Å². The lowest BCUT2D eigenvalue weighted by Crippen LogP contribution is -2.44. The van der Waals surface area contributed by atoms with Gasteiger partial charge in [-0.15, -0.1) is 0 Å². The fraction of sp³-hybridized carbons (Fsp3) is 0.938. The second-order valence-electron chi connectivity index (χ2n) is 6.64. The Morgan fingerprint density at radius 1 is 1.10 bits per heavy atom. The van der Waals surface area contributed by atoms with Gasteiger partial charge in [-0.25, -0.2) is 0 Å². The van der Waals surface area contributed by atoms with Crippen molar-refractivity contribution in [3.63, 3.8) is 0 Å². The monoisotopic (exact) mass is 311 g/mol. The molecule has 2 saturated heterocycles. The van der Waals surface area contributed by atoms with Crippen LogP contribution in [0.3, 0.4) is 0 Å². The number of amides is 1. The van der Waals surface area contributed by atoms with Crippen molar-refractivity contribution in [2.45, 2.75) is 50.6 Å². The zero-order valence-electron chi connectivity index (χ0n) is 13.1. The highest BCUT2D eigenvalue weighted by molar-refractivity contribution is 7.99. The van der Waals surface area contributed by atoms with E-state index in [4.69, 9.17) is 0 Å². The first kappa shape index (κ1) is 15.6. The van der Waals surface area contributed by atoms with Crippen LogP contribution in [-0.2, 0) is 4.79 Å². The van der Waals surface area contributed by atoms with Gasteiger partial charge >= 0.3 is 0 Å². The smallest absolute Gasteiger partial charge is 0.224 e.